The molecule has 0 spiro atoms. The van der Waals surface area contributed by atoms with Crippen LogP contribution in [0.5, 0.6) is 0 Å². The number of benzene rings is 1. The Hall–Kier alpha value is -2.14. The second-order valence-corrected chi connectivity index (χ2v) is 5.96. The molecule has 0 saturated carbocycles. The van der Waals surface area contributed by atoms with Crippen LogP contribution in [-0.4, -0.2) is 38.6 Å². The zero-order chi connectivity index (χ0) is 15.5. The smallest absolute Gasteiger partial charge is 0.335 e. The summed E-state index contributed by atoms with van der Waals surface area (Å²) in [5, 5.41) is 9.14. The highest BCUT2D eigenvalue weighted by molar-refractivity contribution is 5.87. The van der Waals surface area contributed by atoms with Crippen LogP contribution < -0.4 is 0 Å². The van der Waals surface area contributed by atoms with Gasteiger partial charge >= 0.3 is 5.97 Å². The standard InChI is InChI=1S/C17H21N3O2/c1-19-9-7-18-16(19)12-20-8-3-6-15(11-20)13-4-2-5-14(10-13)17(21)22/h2,4-5,7,9-10,15H,3,6,8,11-12H2,1H3,(H,21,22)/t15-/m1/s1. The summed E-state index contributed by atoms with van der Waals surface area (Å²) in [6, 6.07) is 7.36. The van der Waals surface area contributed by atoms with Crippen molar-refractivity contribution in [3.63, 3.8) is 0 Å². The van der Waals surface area contributed by atoms with E-state index in [9.17, 15) is 4.79 Å². The van der Waals surface area contributed by atoms with E-state index in [2.05, 4.69) is 14.5 Å². The fourth-order valence-corrected chi connectivity index (χ4v) is 3.15. The SMILES string of the molecule is Cn1ccnc1CN1CCC[C@@H](c2cccc(C(=O)O)c2)C1. The molecular formula is C17H21N3O2. The molecule has 0 radical (unpaired) electrons. The molecule has 0 bridgehead atoms. The van der Waals surface area contributed by atoms with Gasteiger partial charge in [0.1, 0.15) is 5.82 Å². The maximum Gasteiger partial charge on any atom is 0.335 e. The van der Waals surface area contributed by atoms with Crippen molar-refractivity contribution < 1.29 is 9.90 Å². The molecule has 3 rings (SSSR count). The molecule has 1 fully saturated rings. The first-order valence-corrected chi connectivity index (χ1v) is 7.65. The summed E-state index contributed by atoms with van der Waals surface area (Å²) in [5.74, 6) is 0.607. The van der Waals surface area contributed by atoms with Gasteiger partial charge in [-0.15, -0.1) is 0 Å². The predicted molar refractivity (Wildman–Crippen MR) is 83.9 cm³/mol. The van der Waals surface area contributed by atoms with Crippen molar-refractivity contribution in [2.75, 3.05) is 13.1 Å². The van der Waals surface area contributed by atoms with Crippen LogP contribution in [0.1, 0.15) is 40.5 Å². The Morgan fingerprint density at radius 2 is 2.32 bits per heavy atom. The average molecular weight is 299 g/mol. The van der Waals surface area contributed by atoms with Gasteiger partial charge in [0, 0.05) is 26.0 Å². The molecule has 2 heterocycles. The molecule has 5 heteroatoms. The zero-order valence-electron chi connectivity index (χ0n) is 12.8. The van der Waals surface area contributed by atoms with Crippen molar-refractivity contribution in [1.29, 1.82) is 0 Å². The lowest BCUT2D eigenvalue weighted by Gasteiger charge is -2.32. The van der Waals surface area contributed by atoms with Gasteiger partial charge in [0.15, 0.2) is 0 Å². The van der Waals surface area contributed by atoms with Gasteiger partial charge in [-0.1, -0.05) is 12.1 Å². The number of nitrogens with zero attached hydrogens (tertiary/aromatic N) is 3. The van der Waals surface area contributed by atoms with Crippen molar-refractivity contribution in [2.24, 2.45) is 7.05 Å². The van der Waals surface area contributed by atoms with E-state index in [1.54, 1.807) is 6.07 Å². The lowest BCUT2D eigenvalue weighted by Crippen LogP contribution is -2.34. The van der Waals surface area contributed by atoms with E-state index < -0.39 is 5.97 Å². The molecular weight excluding hydrogens is 278 g/mol. The predicted octanol–water partition coefficient (Wildman–Crippen LogP) is 2.50. The highest BCUT2D eigenvalue weighted by Gasteiger charge is 2.22. The monoisotopic (exact) mass is 299 g/mol. The van der Waals surface area contributed by atoms with Gasteiger partial charge in [-0.2, -0.15) is 0 Å². The number of aryl methyl sites for hydroxylation is 1. The molecule has 116 valence electrons. The molecule has 0 aliphatic carbocycles. The summed E-state index contributed by atoms with van der Waals surface area (Å²) in [4.78, 5) is 17.9. The van der Waals surface area contributed by atoms with Gasteiger partial charge in [-0.05, 0) is 43.0 Å². The van der Waals surface area contributed by atoms with Gasteiger partial charge in [-0.25, -0.2) is 9.78 Å². The number of aromatic carboxylic acids is 1. The molecule has 0 unspecified atom stereocenters. The maximum absolute atomic E-state index is 11.1. The van der Waals surface area contributed by atoms with Crippen molar-refractivity contribution in [3.8, 4) is 0 Å². The Morgan fingerprint density at radius 3 is 3.05 bits per heavy atom. The third-order valence-electron chi connectivity index (χ3n) is 4.40. The fraction of sp³-hybridized carbons (Fsp3) is 0.412. The lowest BCUT2D eigenvalue weighted by molar-refractivity contribution is 0.0696. The van der Waals surface area contributed by atoms with E-state index >= 15 is 0 Å². The van der Waals surface area contributed by atoms with Gasteiger partial charge in [-0.3, -0.25) is 4.90 Å². The zero-order valence-corrected chi connectivity index (χ0v) is 12.8. The highest BCUT2D eigenvalue weighted by atomic mass is 16.4. The lowest BCUT2D eigenvalue weighted by atomic mass is 9.89. The minimum atomic E-state index is -0.859. The normalized spacial score (nSPS) is 19.2. The van der Waals surface area contributed by atoms with Crippen molar-refractivity contribution in [3.05, 3.63) is 53.6 Å². The van der Waals surface area contributed by atoms with E-state index in [1.165, 1.54) is 0 Å². The van der Waals surface area contributed by atoms with E-state index in [-0.39, 0.29) is 0 Å². The molecule has 1 saturated heterocycles. The molecule has 22 heavy (non-hydrogen) atoms. The molecule has 1 N–H and O–H groups in total. The van der Waals surface area contributed by atoms with Gasteiger partial charge in [0.05, 0.1) is 12.1 Å². The Morgan fingerprint density at radius 1 is 1.45 bits per heavy atom. The second kappa shape index (κ2) is 6.32. The first kappa shape index (κ1) is 14.8. The van der Waals surface area contributed by atoms with Crippen molar-refractivity contribution in [1.82, 2.24) is 14.5 Å². The number of carbonyl (C=O) groups is 1. The number of imidazole rings is 1. The fourth-order valence-electron chi connectivity index (χ4n) is 3.15. The Balaban J connectivity index is 1.71. The number of aromatic nitrogens is 2. The quantitative estimate of drug-likeness (QED) is 0.942. The topological polar surface area (TPSA) is 58.4 Å². The number of carboxylic acids is 1. The number of rotatable bonds is 4. The minimum Gasteiger partial charge on any atom is -0.478 e. The third-order valence-corrected chi connectivity index (χ3v) is 4.40. The largest absolute Gasteiger partial charge is 0.478 e. The molecule has 1 atom stereocenters. The van der Waals surface area contributed by atoms with Crippen LogP contribution >= 0.6 is 0 Å². The van der Waals surface area contributed by atoms with E-state index in [0.29, 0.717) is 11.5 Å². The van der Waals surface area contributed by atoms with E-state index in [0.717, 1.165) is 43.9 Å². The molecule has 1 aliphatic heterocycles. The van der Waals surface area contributed by atoms with E-state index in [1.807, 2.05) is 37.6 Å². The first-order valence-electron chi connectivity index (χ1n) is 7.65. The van der Waals surface area contributed by atoms with Crippen molar-refractivity contribution >= 4 is 5.97 Å². The summed E-state index contributed by atoms with van der Waals surface area (Å²) >= 11 is 0. The molecule has 0 amide bonds. The van der Waals surface area contributed by atoms with Gasteiger partial charge in [0.2, 0.25) is 0 Å². The summed E-state index contributed by atoms with van der Waals surface area (Å²) in [5.41, 5.74) is 1.50. The van der Waals surface area contributed by atoms with Crippen LogP contribution in [0.4, 0.5) is 0 Å². The highest BCUT2D eigenvalue weighted by Crippen LogP contribution is 2.28. The molecule has 5 nitrogen and oxygen atoms in total. The number of hydrogen-bond acceptors (Lipinski definition) is 3. The van der Waals surface area contributed by atoms with Crippen LogP contribution in [0, 0.1) is 0 Å². The second-order valence-electron chi connectivity index (χ2n) is 5.96. The summed E-state index contributed by atoms with van der Waals surface area (Å²) in [6.45, 7) is 2.87. The van der Waals surface area contributed by atoms with Crippen LogP contribution in [0.2, 0.25) is 0 Å². The first-order chi connectivity index (χ1) is 10.6. The number of carboxylic acid groups (broad SMARTS) is 1. The van der Waals surface area contributed by atoms with Gasteiger partial charge in [0.25, 0.3) is 0 Å². The van der Waals surface area contributed by atoms with Crippen LogP contribution in [0.15, 0.2) is 36.7 Å². The van der Waals surface area contributed by atoms with E-state index in [4.69, 9.17) is 5.11 Å². The summed E-state index contributed by atoms with van der Waals surface area (Å²) in [6.07, 6.45) is 6.03. The Kier molecular flexibility index (Phi) is 4.24. The Labute approximate surface area is 130 Å². The van der Waals surface area contributed by atoms with Crippen LogP contribution in [0.3, 0.4) is 0 Å². The van der Waals surface area contributed by atoms with Crippen LogP contribution in [0.25, 0.3) is 0 Å². The molecule has 1 aromatic heterocycles. The van der Waals surface area contributed by atoms with Gasteiger partial charge < -0.3 is 9.67 Å². The third kappa shape index (κ3) is 3.20. The number of piperidine rings is 1. The maximum atomic E-state index is 11.1. The van der Waals surface area contributed by atoms with Crippen molar-refractivity contribution in [2.45, 2.75) is 25.3 Å². The Bertz CT molecular complexity index is 665. The average Bonchev–Trinajstić information content (AvgIpc) is 2.93. The number of likely N-dealkylation sites (tertiary alicyclic amines) is 1. The number of hydrogen-bond donors (Lipinski definition) is 1. The minimum absolute atomic E-state index is 0.374. The van der Waals surface area contributed by atoms with Crippen LogP contribution in [-0.2, 0) is 13.6 Å². The molecule has 1 aliphatic rings. The molecule has 1 aromatic carbocycles. The molecule has 2 aromatic rings. The summed E-state index contributed by atoms with van der Waals surface area (Å²) in [7, 11) is 2.01. The summed E-state index contributed by atoms with van der Waals surface area (Å²) < 4.78 is 2.05.